The highest BCUT2D eigenvalue weighted by molar-refractivity contribution is 7.89. The van der Waals surface area contributed by atoms with Gasteiger partial charge in [-0.2, -0.15) is 0 Å². The molecular weight excluding hydrogens is 313 g/mol. The van der Waals surface area contributed by atoms with Crippen LogP contribution in [-0.2, 0) is 14.8 Å². The van der Waals surface area contributed by atoms with Crippen LogP contribution < -0.4 is 9.88 Å². The number of sulfonamides is 1. The lowest BCUT2D eigenvalue weighted by Crippen LogP contribution is -2.12. The molecule has 8 heteroatoms. The maximum atomic E-state index is 11.2. The van der Waals surface area contributed by atoms with Gasteiger partial charge in [0, 0.05) is 19.6 Å². The first-order chi connectivity index (χ1) is 8.86. The molecule has 0 amide bonds. The second-order valence-corrected chi connectivity index (χ2v) is 6.04. The third-order valence-electron chi connectivity index (χ3n) is 2.18. The molecule has 0 saturated carbocycles. The fourth-order valence-corrected chi connectivity index (χ4v) is 2.61. The van der Waals surface area contributed by atoms with Crippen LogP contribution in [0.4, 0.5) is 0 Å². The molecule has 0 unspecified atom stereocenters. The normalized spacial score (nSPS) is 11.6. The quantitative estimate of drug-likeness (QED) is 0.780. The van der Waals surface area contributed by atoms with Crippen molar-refractivity contribution < 1.29 is 17.9 Å². The van der Waals surface area contributed by atoms with E-state index in [0.29, 0.717) is 26.2 Å². The summed E-state index contributed by atoms with van der Waals surface area (Å²) < 4.78 is 32.9. The van der Waals surface area contributed by atoms with Crippen molar-refractivity contribution >= 4 is 33.2 Å². The highest BCUT2D eigenvalue weighted by atomic mass is 35.5. The number of hydrogen-bond acceptors (Lipinski definition) is 4. The summed E-state index contributed by atoms with van der Waals surface area (Å²) in [5.41, 5.74) is 0. The van der Waals surface area contributed by atoms with Crippen molar-refractivity contribution in [2.45, 2.75) is 18.2 Å². The van der Waals surface area contributed by atoms with E-state index in [1.807, 2.05) is 6.92 Å². The van der Waals surface area contributed by atoms with E-state index in [0.717, 1.165) is 0 Å². The van der Waals surface area contributed by atoms with Crippen LogP contribution in [0.15, 0.2) is 17.0 Å². The Kier molecular flexibility index (Phi) is 6.35. The lowest BCUT2D eigenvalue weighted by atomic mass is 10.3. The van der Waals surface area contributed by atoms with Crippen LogP contribution in [0.3, 0.4) is 0 Å². The zero-order chi connectivity index (χ0) is 14.5. The van der Waals surface area contributed by atoms with Crippen LogP contribution in [0.25, 0.3) is 0 Å². The zero-order valence-electron chi connectivity index (χ0n) is 10.4. The maximum Gasteiger partial charge on any atom is 0.238 e. The van der Waals surface area contributed by atoms with Gasteiger partial charge in [0.15, 0.2) is 5.75 Å². The van der Waals surface area contributed by atoms with Gasteiger partial charge in [-0.1, -0.05) is 23.2 Å². The van der Waals surface area contributed by atoms with Crippen LogP contribution in [-0.4, -0.2) is 28.2 Å². The predicted octanol–water partition coefficient (Wildman–Crippen LogP) is 2.45. The van der Waals surface area contributed by atoms with E-state index in [1.54, 1.807) is 0 Å². The van der Waals surface area contributed by atoms with Gasteiger partial charge >= 0.3 is 0 Å². The van der Waals surface area contributed by atoms with E-state index in [1.165, 1.54) is 12.1 Å². The Hall–Kier alpha value is -0.530. The van der Waals surface area contributed by atoms with E-state index in [4.69, 9.17) is 37.8 Å². The van der Waals surface area contributed by atoms with Gasteiger partial charge in [-0.15, -0.1) is 0 Å². The van der Waals surface area contributed by atoms with Crippen molar-refractivity contribution in [3.05, 3.63) is 22.2 Å². The van der Waals surface area contributed by atoms with Crippen LogP contribution in [0, 0.1) is 0 Å². The van der Waals surface area contributed by atoms with E-state index in [2.05, 4.69) is 0 Å². The molecular formula is C11H15Cl2NO4S. The van der Waals surface area contributed by atoms with Crippen LogP contribution >= 0.6 is 23.2 Å². The number of halogens is 2. The third kappa shape index (κ3) is 5.16. The van der Waals surface area contributed by atoms with Gasteiger partial charge in [-0.25, -0.2) is 13.6 Å². The van der Waals surface area contributed by atoms with E-state index in [-0.39, 0.29) is 20.7 Å². The van der Waals surface area contributed by atoms with Crippen molar-refractivity contribution in [1.82, 2.24) is 0 Å². The molecule has 108 valence electrons. The summed E-state index contributed by atoms with van der Waals surface area (Å²) in [5.74, 6) is 0.243. The SMILES string of the molecule is CCOCCCOc1c(Cl)cc(S(N)(=O)=O)cc1Cl. The Morgan fingerprint density at radius 1 is 1.21 bits per heavy atom. The first-order valence-electron chi connectivity index (χ1n) is 5.58. The molecule has 19 heavy (non-hydrogen) atoms. The van der Waals surface area contributed by atoms with Crippen molar-refractivity contribution in [3.63, 3.8) is 0 Å². The number of ether oxygens (including phenoxy) is 2. The Balaban J connectivity index is 2.75. The summed E-state index contributed by atoms with van der Waals surface area (Å²) in [6.07, 6.45) is 0.678. The molecule has 1 aromatic carbocycles. The minimum absolute atomic E-state index is 0.105. The second-order valence-electron chi connectivity index (χ2n) is 3.66. The second kappa shape index (κ2) is 7.31. The Labute approximate surface area is 122 Å². The van der Waals surface area contributed by atoms with Crippen LogP contribution in [0.2, 0.25) is 10.0 Å². The number of benzene rings is 1. The van der Waals surface area contributed by atoms with Crippen LogP contribution in [0.1, 0.15) is 13.3 Å². The van der Waals surface area contributed by atoms with E-state index >= 15 is 0 Å². The van der Waals surface area contributed by atoms with Gasteiger partial charge in [0.05, 0.1) is 21.5 Å². The van der Waals surface area contributed by atoms with Gasteiger partial charge in [0.25, 0.3) is 0 Å². The van der Waals surface area contributed by atoms with Crippen LogP contribution in [0.5, 0.6) is 5.75 Å². The maximum absolute atomic E-state index is 11.2. The smallest absolute Gasteiger partial charge is 0.238 e. The van der Waals surface area contributed by atoms with Crippen molar-refractivity contribution in [3.8, 4) is 5.75 Å². The average Bonchev–Trinajstić information content (AvgIpc) is 2.30. The Morgan fingerprint density at radius 2 is 1.79 bits per heavy atom. The zero-order valence-corrected chi connectivity index (χ0v) is 12.7. The lowest BCUT2D eigenvalue weighted by molar-refractivity contribution is 0.131. The largest absolute Gasteiger partial charge is 0.490 e. The fourth-order valence-electron chi connectivity index (χ4n) is 1.32. The number of rotatable bonds is 7. The average molecular weight is 328 g/mol. The summed E-state index contributed by atoms with van der Waals surface area (Å²) in [5, 5.41) is 5.21. The Bertz CT molecular complexity index is 510. The van der Waals surface area contributed by atoms with E-state index < -0.39 is 10.0 Å². The highest BCUT2D eigenvalue weighted by Gasteiger charge is 2.15. The molecule has 2 N–H and O–H groups in total. The minimum Gasteiger partial charge on any atom is -0.490 e. The summed E-state index contributed by atoms with van der Waals surface area (Å²) in [6, 6.07) is 2.42. The van der Waals surface area contributed by atoms with E-state index in [9.17, 15) is 8.42 Å². The lowest BCUT2D eigenvalue weighted by Gasteiger charge is -2.11. The summed E-state index contributed by atoms with van der Waals surface area (Å²) in [7, 11) is -3.84. The van der Waals surface area contributed by atoms with Crippen molar-refractivity contribution in [2.24, 2.45) is 5.14 Å². The highest BCUT2D eigenvalue weighted by Crippen LogP contribution is 2.35. The van der Waals surface area contributed by atoms with Gasteiger partial charge in [0.2, 0.25) is 10.0 Å². The molecule has 0 radical (unpaired) electrons. The summed E-state index contributed by atoms with van der Waals surface area (Å²) >= 11 is 11.8. The molecule has 0 aliphatic heterocycles. The summed E-state index contributed by atoms with van der Waals surface area (Å²) in [6.45, 7) is 3.49. The first kappa shape index (κ1) is 16.5. The number of nitrogens with two attached hydrogens (primary N) is 1. The Morgan fingerprint density at radius 3 is 2.26 bits per heavy atom. The predicted molar refractivity (Wildman–Crippen MR) is 74.4 cm³/mol. The van der Waals surface area contributed by atoms with Gasteiger partial charge in [-0.05, 0) is 19.1 Å². The molecule has 0 saturated heterocycles. The number of primary sulfonamides is 1. The molecule has 0 spiro atoms. The monoisotopic (exact) mass is 327 g/mol. The van der Waals surface area contributed by atoms with Gasteiger partial charge < -0.3 is 9.47 Å². The molecule has 1 aromatic rings. The molecule has 0 aromatic heterocycles. The standard InChI is InChI=1S/C11H15Cl2NO4S/c1-2-17-4-3-5-18-11-9(12)6-8(7-10(11)13)19(14,15)16/h6-7H,2-5H2,1H3,(H2,14,15,16). The van der Waals surface area contributed by atoms with Crippen molar-refractivity contribution in [1.29, 1.82) is 0 Å². The molecule has 0 aliphatic carbocycles. The third-order valence-corrected chi connectivity index (χ3v) is 3.64. The molecule has 0 heterocycles. The van der Waals surface area contributed by atoms with Gasteiger partial charge in [0.1, 0.15) is 0 Å². The summed E-state index contributed by atoms with van der Waals surface area (Å²) in [4.78, 5) is -0.149. The molecule has 1 rings (SSSR count). The molecule has 0 atom stereocenters. The minimum atomic E-state index is -3.84. The molecule has 0 bridgehead atoms. The molecule has 0 aliphatic rings. The van der Waals surface area contributed by atoms with Crippen molar-refractivity contribution in [2.75, 3.05) is 19.8 Å². The fraction of sp³-hybridized carbons (Fsp3) is 0.455. The van der Waals surface area contributed by atoms with Gasteiger partial charge in [-0.3, -0.25) is 0 Å². The number of hydrogen-bond donors (Lipinski definition) is 1. The molecule has 0 fully saturated rings. The molecule has 5 nitrogen and oxygen atoms in total. The topological polar surface area (TPSA) is 78.6 Å². The first-order valence-corrected chi connectivity index (χ1v) is 7.89.